The maximum Gasteiger partial charge on any atom is 0.251 e. The molecule has 0 fully saturated rings. The average molecular weight is 318 g/mol. The van der Waals surface area contributed by atoms with E-state index < -0.39 is 0 Å². The largest absolute Gasteiger partial charge is 0.352 e. The monoisotopic (exact) mass is 317 g/mol. The summed E-state index contributed by atoms with van der Waals surface area (Å²) in [6.07, 6.45) is 0.849. The van der Waals surface area contributed by atoms with Crippen LogP contribution in [0.5, 0.6) is 0 Å². The predicted octanol–water partition coefficient (Wildman–Crippen LogP) is 3.73. The molecule has 2 rings (SSSR count). The minimum absolute atomic E-state index is 0.0217. The van der Waals surface area contributed by atoms with Gasteiger partial charge in [-0.2, -0.15) is 0 Å². The fourth-order valence-corrected chi connectivity index (χ4v) is 2.10. The molecule has 0 radical (unpaired) electrons. The van der Waals surface area contributed by atoms with Gasteiger partial charge in [-0.3, -0.25) is 4.79 Å². The molecule has 0 saturated carbocycles. The Kier molecular flexibility index (Phi) is 4.74. The zero-order valence-electron chi connectivity index (χ0n) is 10.8. The second-order valence-electron chi connectivity index (χ2n) is 4.46. The van der Waals surface area contributed by atoms with Crippen LogP contribution in [0.3, 0.4) is 0 Å². The minimum Gasteiger partial charge on any atom is -0.352 e. The number of carbonyl (C=O) groups excluding carboxylic acids is 1. The van der Waals surface area contributed by atoms with Gasteiger partial charge in [0.25, 0.3) is 5.91 Å². The van der Waals surface area contributed by atoms with Gasteiger partial charge in [0.2, 0.25) is 0 Å². The van der Waals surface area contributed by atoms with Crippen LogP contribution < -0.4 is 5.32 Å². The molecule has 0 saturated heterocycles. The van der Waals surface area contributed by atoms with Crippen LogP contribution in [0.2, 0.25) is 0 Å². The van der Waals surface area contributed by atoms with Gasteiger partial charge in [-0.15, -0.1) is 0 Å². The molecule has 2 aromatic rings. The first-order valence-electron chi connectivity index (χ1n) is 6.25. The van der Waals surface area contributed by atoms with Gasteiger partial charge in [0.1, 0.15) is 0 Å². The molecule has 0 spiro atoms. The highest BCUT2D eigenvalue weighted by molar-refractivity contribution is 9.10. The Labute approximate surface area is 122 Å². The normalized spacial score (nSPS) is 10.2. The van der Waals surface area contributed by atoms with Crippen LogP contribution >= 0.6 is 15.9 Å². The summed E-state index contributed by atoms with van der Waals surface area (Å²) in [4.78, 5) is 12.0. The summed E-state index contributed by atoms with van der Waals surface area (Å²) in [5, 5.41) is 2.94. The zero-order chi connectivity index (χ0) is 13.7. The van der Waals surface area contributed by atoms with Crippen molar-refractivity contribution in [1.82, 2.24) is 5.32 Å². The Hall–Kier alpha value is -1.61. The van der Waals surface area contributed by atoms with Gasteiger partial charge >= 0.3 is 0 Å². The van der Waals surface area contributed by atoms with Crippen LogP contribution in [0.4, 0.5) is 0 Å². The molecular weight excluding hydrogens is 302 g/mol. The molecule has 0 heterocycles. The van der Waals surface area contributed by atoms with E-state index in [1.54, 1.807) is 0 Å². The van der Waals surface area contributed by atoms with Gasteiger partial charge in [0.15, 0.2) is 0 Å². The van der Waals surface area contributed by atoms with Crippen molar-refractivity contribution in [1.29, 1.82) is 0 Å². The molecule has 2 aromatic carbocycles. The lowest BCUT2D eigenvalue weighted by Gasteiger charge is -2.07. The average Bonchev–Trinajstić information content (AvgIpc) is 2.43. The maximum absolute atomic E-state index is 12.0. The van der Waals surface area contributed by atoms with Gasteiger partial charge in [0, 0.05) is 16.6 Å². The smallest absolute Gasteiger partial charge is 0.251 e. The summed E-state index contributed by atoms with van der Waals surface area (Å²) in [6.45, 7) is 2.63. The number of hydrogen-bond donors (Lipinski definition) is 1. The van der Waals surface area contributed by atoms with Crippen molar-refractivity contribution in [2.45, 2.75) is 13.3 Å². The molecule has 0 bridgehead atoms. The molecule has 0 unspecified atom stereocenters. The Morgan fingerprint density at radius 3 is 2.58 bits per heavy atom. The van der Waals surface area contributed by atoms with Crippen LogP contribution in [0, 0.1) is 6.92 Å². The molecule has 2 nitrogen and oxygen atoms in total. The lowest BCUT2D eigenvalue weighted by Crippen LogP contribution is -2.25. The number of aryl methyl sites for hydroxylation is 1. The van der Waals surface area contributed by atoms with E-state index >= 15 is 0 Å². The van der Waals surface area contributed by atoms with Crippen molar-refractivity contribution in [3.05, 3.63) is 69.7 Å². The first-order valence-corrected chi connectivity index (χ1v) is 7.04. The topological polar surface area (TPSA) is 29.1 Å². The number of carbonyl (C=O) groups is 1. The predicted molar refractivity (Wildman–Crippen MR) is 81.4 cm³/mol. The molecule has 0 aliphatic carbocycles. The summed E-state index contributed by atoms with van der Waals surface area (Å²) >= 11 is 3.43. The lowest BCUT2D eigenvalue weighted by atomic mass is 10.1. The van der Waals surface area contributed by atoms with E-state index in [1.165, 1.54) is 5.56 Å². The van der Waals surface area contributed by atoms with Gasteiger partial charge in [-0.1, -0.05) is 46.3 Å². The molecule has 19 heavy (non-hydrogen) atoms. The molecule has 0 atom stereocenters. The first-order chi connectivity index (χ1) is 9.16. The van der Waals surface area contributed by atoms with Crippen LogP contribution in [0.1, 0.15) is 21.5 Å². The quantitative estimate of drug-likeness (QED) is 0.914. The van der Waals surface area contributed by atoms with Crippen molar-refractivity contribution < 1.29 is 4.79 Å². The molecule has 0 aromatic heterocycles. The minimum atomic E-state index is -0.0217. The van der Waals surface area contributed by atoms with E-state index in [0.717, 1.165) is 16.5 Å². The van der Waals surface area contributed by atoms with Crippen LogP contribution in [0.25, 0.3) is 0 Å². The molecular formula is C16H16BrNO. The summed E-state index contributed by atoms with van der Waals surface area (Å²) in [6, 6.07) is 15.8. The zero-order valence-corrected chi connectivity index (χ0v) is 12.4. The van der Waals surface area contributed by atoms with E-state index in [9.17, 15) is 4.79 Å². The molecule has 98 valence electrons. The SMILES string of the molecule is Cc1cc(C(=O)NCCc2ccccc2)ccc1Br. The number of amides is 1. The Balaban J connectivity index is 1.89. The number of hydrogen-bond acceptors (Lipinski definition) is 1. The molecule has 0 aliphatic heterocycles. The molecule has 0 aliphatic rings. The third-order valence-corrected chi connectivity index (χ3v) is 3.85. The summed E-state index contributed by atoms with van der Waals surface area (Å²) in [5.74, 6) is -0.0217. The van der Waals surface area contributed by atoms with Crippen molar-refractivity contribution in [3.8, 4) is 0 Å². The second kappa shape index (κ2) is 6.53. The fraction of sp³-hybridized carbons (Fsp3) is 0.188. The van der Waals surface area contributed by atoms with Gasteiger partial charge in [-0.25, -0.2) is 0 Å². The summed E-state index contributed by atoms with van der Waals surface area (Å²) in [5.41, 5.74) is 3.00. The van der Waals surface area contributed by atoms with Crippen molar-refractivity contribution in [2.24, 2.45) is 0 Å². The Morgan fingerprint density at radius 2 is 1.89 bits per heavy atom. The van der Waals surface area contributed by atoms with E-state index in [2.05, 4.69) is 33.4 Å². The third-order valence-electron chi connectivity index (χ3n) is 2.96. The van der Waals surface area contributed by atoms with E-state index in [1.807, 2.05) is 43.3 Å². The van der Waals surface area contributed by atoms with E-state index in [4.69, 9.17) is 0 Å². The van der Waals surface area contributed by atoms with E-state index in [-0.39, 0.29) is 5.91 Å². The lowest BCUT2D eigenvalue weighted by molar-refractivity contribution is 0.0954. The second-order valence-corrected chi connectivity index (χ2v) is 5.31. The van der Waals surface area contributed by atoms with E-state index in [0.29, 0.717) is 12.1 Å². The molecule has 1 amide bonds. The Morgan fingerprint density at radius 1 is 1.16 bits per heavy atom. The summed E-state index contributed by atoms with van der Waals surface area (Å²) < 4.78 is 1.02. The van der Waals surface area contributed by atoms with Crippen LogP contribution in [-0.2, 0) is 6.42 Å². The number of halogens is 1. The van der Waals surface area contributed by atoms with Gasteiger partial charge in [-0.05, 0) is 42.7 Å². The van der Waals surface area contributed by atoms with Crippen molar-refractivity contribution >= 4 is 21.8 Å². The standard InChI is InChI=1S/C16H16BrNO/c1-12-11-14(7-8-15(12)17)16(19)18-10-9-13-5-3-2-4-6-13/h2-8,11H,9-10H2,1H3,(H,18,19). The van der Waals surface area contributed by atoms with Crippen LogP contribution in [-0.4, -0.2) is 12.5 Å². The maximum atomic E-state index is 12.0. The van der Waals surface area contributed by atoms with Crippen molar-refractivity contribution in [2.75, 3.05) is 6.54 Å². The number of benzene rings is 2. The van der Waals surface area contributed by atoms with Gasteiger partial charge in [0.05, 0.1) is 0 Å². The fourth-order valence-electron chi connectivity index (χ4n) is 1.85. The highest BCUT2D eigenvalue weighted by Crippen LogP contribution is 2.16. The summed E-state index contributed by atoms with van der Waals surface area (Å²) in [7, 11) is 0. The van der Waals surface area contributed by atoms with Gasteiger partial charge < -0.3 is 5.32 Å². The number of nitrogens with one attached hydrogen (secondary N) is 1. The highest BCUT2D eigenvalue weighted by atomic mass is 79.9. The highest BCUT2D eigenvalue weighted by Gasteiger charge is 2.06. The first kappa shape index (κ1) is 13.8. The number of rotatable bonds is 4. The van der Waals surface area contributed by atoms with Crippen LogP contribution in [0.15, 0.2) is 53.0 Å². The molecule has 1 N–H and O–H groups in total. The van der Waals surface area contributed by atoms with Crippen molar-refractivity contribution in [3.63, 3.8) is 0 Å². The molecule has 3 heteroatoms. The third kappa shape index (κ3) is 3.93. The Bertz CT molecular complexity index is 566.